The van der Waals surface area contributed by atoms with E-state index in [2.05, 4.69) is 10.1 Å². The standard InChI is InChI=1S/C21H22ClN3O3S/c1-13-10-14(2)19(15(3)11-13)29(26,27)25-9-5-8-18(25)21-23-20(24-28-21)16-6-4-7-17(22)12-16/h4,6-7,10-12,18H,5,8-9H2,1-3H3/t18-/m0/s1. The van der Waals surface area contributed by atoms with Crippen LogP contribution in [0.25, 0.3) is 11.4 Å². The Bertz CT molecular complexity index is 1150. The zero-order chi connectivity index (χ0) is 20.8. The van der Waals surface area contributed by atoms with Gasteiger partial charge in [0.05, 0.1) is 4.90 Å². The highest BCUT2D eigenvalue weighted by Gasteiger charge is 2.40. The molecule has 1 saturated heterocycles. The summed E-state index contributed by atoms with van der Waals surface area (Å²) < 4.78 is 34.0. The average Bonchev–Trinajstić information content (AvgIpc) is 3.30. The lowest BCUT2D eigenvalue weighted by Gasteiger charge is -2.23. The summed E-state index contributed by atoms with van der Waals surface area (Å²) in [7, 11) is -3.69. The van der Waals surface area contributed by atoms with E-state index < -0.39 is 16.1 Å². The Kier molecular flexibility index (Phi) is 5.23. The summed E-state index contributed by atoms with van der Waals surface area (Å²) in [6.45, 7) is 6.06. The lowest BCUT2D eigenvalue weighted by Crippen LogP contribution is -2.32. The number of hydrogen-bond acceptors (Lipinski definition) is 5. The van der Waals surface area contributed by atoms with Gasteiger partial charge >= 0.3 is 0 Å². The molecule has 8 heteroatoms. The molecule has 1 fully saturated rings. The van der Waals surface area contributed by atoms with Crippen LogP contribution in [0.3, 0.4) is 0 Å². The van der Waals surface area contributed by atoms with Gasteiger partial charge in [-0.05, 0) is 56.9 Å². The van der Waals surface area contributed by atoms with Crippen LogP contribution in [0.2, 0.25) is 5.02 Å². The van der Waals surface area contributed by atoms with Gasteiger partial charge in [-0.2, -0.15) is 9.29 Å². The maximum Gasteiger partial charge on any atom is 0.245 e. The zero-order valence-corrected chi connectivity index (χ0v) is 18.1. The van der Waals surface area contributed by atoms with E-state index in [-0.39, 0.29) is 0 Å². The summed E-state index contributed by atoms with van der Waals surface area (Å²) in [5, 5.41) is 4.62. The first-order valence-electron chi connectivity index (χ1n) is 9.46. The molecule has 6 nitrogen and oxygen atoms in total. The molecule has 0 N–H and O–H groups in total. The Balaban J connectivity index is 1.70. The molecule has 0 aliphatic carbocycles. The van der Waals surface area contributed by atoms with Crippen molar-refractivity contribution < 1.29 is 12.9 Å². The summed E-state index contributed by atoms with van der Waals surface area (Å²) in [6, 6.07) is 10.5. The minimum atomic E-state index is -3.69. The topological polar surface area (TPSA) is 76.3 Å². The van der Waals surface area contributed by atoms with E-state index >= 15 is 0 Å². The van der Waals surface area contributed by atoms with Gasteiger partial charge in [0, 0.05) is 17.1 Å². The fourth-order valence-electron chi connectivity index (χ4n) is 4.08. The first-order chi connectivity index (χ1) is 13.8. The van der Waals surface area contributed by atoms with Gasteiger partial charge in [0.25, 0.3) is 0 Å². The Hall–Kier alpha value is -2.22. The third kappa shape index (κ3) is 3.70. The molecule has 2 heterocycles. The van der Waals surface area contributed by atoms with E-state index in [1.54, 1.807) is 12.1 Å². The smallest absolute Gasteiger partial charge is 0.245 e. The Morgan fingerprint density at radius 1 is 1.14 bits per heavy atom. The van der Waals surface area contributed by atoms with E-state index in [4.69, 9.17) is 16.1 Å². The largest absolute Gasteiger partial charge is 0.337 e. The summed E-state index contributed by atoms with van der Waals surface area (Å²) >= 11 is 6.05. The van der Waals surface area contributed by atoms with Gasteiger partial charge in [0.1, 0.15) is 6.04 Å². The van der Waals surface area contributed by atoms with Crippen LogP contribution in [0.5, 0.6) is 0 Å². The van der Waals surface area contributed by atoms with Crippen LogP contribution in [0.4, 0.5) is 0 Å². The third-order valence-corrected chi connectivity index (χ3v) is 7.63. The molecule has 1 aromatic heterocycles. The number of nitrogens with zero attached hydrogens (tertiary/aromatic N) is 3. The molecule has 4 rings (SSSR count). The molecule has 3 aromatic rings. The van der Waals surface area contributed by atoms with Crippen molar-refractivity contribution in [1.29, 1.82) is 0 Å². The van der Waals surface area contributed by atoms with Crippen molar-refractivity contribution in [2.24, 2.45) is 0 Å². The predicted molar refractivity (Wildman–Crippen MR) is 111 cm³/mol. The molecule has 152 valence electrons. The molecule has 1 atom stereocenters. The van der Waals surface area contributed by atoms with Gasteiger partial charge in [-0.1, -0.05) is 46.6 Å². The molecular formula is C21H22ClN3O3S. The van der Waals surface area contributed by atoms with Gasteiger partial charge in [-0.15, -0.1) is 0 Å². The highest BCUT2D eigenvalue weighted by molar-refractivity contribution is 7.89. The van der Waals surface area contributed by atoms with Gasteiger partial charge in [-0.3, -0.25) is 0 Å². The second-order valence-electron chi connectivity index (χ2n) is 7.47. The van der Waals surface area contributed by atoms with Crippen LogP contribution in [-0.2, 0) is 10.0 Å². The van der Waals surface area contributed by atoms with Crippen LogP contribution < -0.4 is 0 Å². The fraction of sp³-hybridized carbons (Fsp3) is 0.333. The maximum absolute atomic E-state index is 13.5. The van der Waals surface area contributed by atoms with Gasteiger partial charge < -0.3 is 4.52 Å². The molecule has 0 spiro atoms. The number of aromatic nitrogens is 2. The summed E-state index contributed by atoms with van der Waals surface area (Å²) in [6.07, 6.45) is 1.38. The second kappa shape index (κ2) is 7.55. The molecule has 0 unspecified atom stereocenters. The van der Waals surface area contributed by atoms with Crippen molar-refractivity contribution in [3.8, 4) is 11.4 Å². The number of benzene rings is 2. The molecule has 0 bridgehead atoms. The molecular weight excluding hydrogens is 410 g/mol. The highest BCUT2D eigenvalue weighted by Crippen LogP contribution is 2.38. The average molecular weight is 432 g/mol. The molecule has 0 saturated carbocycles. The van der Waals surface area contributed by atoms with Crippen molar-refractivity contribution in [2.45, 2.75) is 44.6 Å². The van der Waals surface area contributed by atoms with Crippen molar-refractivity contribution >= 4 is 21.6 Å². The number of halogens is 1. The fourth-order valence-corrected chi connectivity index (χ4v) is 6.34. The molecule has 0 amide bonds. The molecule has 0 radical (unpaired) electrons. The van der Waals surface area contributed by atoms with E-state index in [1.807, 2.05) is 45.0 Å². The van der Waals surface area contributed by atoms with Crippen molar-refractivity contribution in [3.63, 3.8) is 0 Å². The van der Waals surface area contributed by atoms with Crippen LogP contribution in [0.15, 0.2) is 45.8 Å². The Morgan fingerprint density at radius 3 is 2.55 bits per heavy atom. The molecule has 1 aliphatic rings. The Morgan fingerprint density at radius 2 is 1.86 bits per heavy atom. The third-order valence-electron chi connectivity index (χ3n) is 5.18. The SMILES string of the molecule is Cc1cc(C)c(S(=O)(=O)N2CCC[C@H]2c2nc(-c3cccc(Cl)c3)no2)c(C)c1. The number of rotatable bonds is 4. The predicted octanol–water partition coefficient (Wildman–Crippen LogP) is 4.84. The van der Waals surface area contributed by atoms with E-state index in [1.165, 1.54) is 4.31 Å². The van der Waals surface area contributed by atoms with E-state index in [0.717, 1.165) is 28.7 Å². The van der Waals surface area contributed by atoms with Crippen LogP contribution in [0, 0.1) is 20.8 Å². The van der Waals surface area contributed by atoms with Crippen molar-refractivity contribution in [2.75, 3.05) is 6.54 Å². The van der Waals surface area contributed by atoms with E-state index in [0.29, 0.717) is 34.6 Å². The first kappa shape index (κ1) is 20.1. The van der Waals surface area contributed by atoms with Crippen LogP contribution >= 0.6 is 11.6 Å². The normalized spacial score (nSPS) is 17.7. The molecule has 29 heavy (non-hydrogen) atoms. The Labute approximate surface area is 175 Å². The number of sulfonamides is 1. The highest BCUT2D eigenvalue weighted by atomic mass is 35.5. The van der Waals surface area contributed by atoms with Gasteiger partial charge in [0.2, 0.25) is 21.7 Å². The second-order valence-corrected chi connectivity index (χ2v) is 9.73. The van der Waals surface area contributed by atoms with E-state index in [9.17, 15) is 8.42 Å². The summed E-state index contributed by atoms with van der Waals surface area (Å²) in [4.78, 5) is 4.84. The minimum absolute atomic E-state index is 0.309. The van der Waals surface area contributed by atoms with Crippen molar-refractivity contribution in [1.82, 2.24) is 14.4 Å². The van der Waals surface area contributed by atoms with Crippen molar-refractivity contribution in [3.05, 3.63) is 64.0 Å². The first-order valence-corrected chi connectivity index (χ1v) is 11.3. The monoisotopic (exact) mass is 431 g/mol. The summed E-state index contributed by atoms with van der Waals surface area (Å²) in [5.41, 5.74) is 3.27. The summed E-state index contributed by atoms with van der Waals surface area (Å²) in [5.74, 6) is 0.706. The lowest BCUT2D eigenvalue weighted by atomic mass is 10.1. The van der Waals surface area contributed by atoms with Crippen LogP contribution in [0.1, 0.15) is 41.5 Å². The van der Waals surface area contributed by atoms with Gasteiger partial charge in [-0.25, -0.2) is 8.42 Å². The van der Waals surface area contributed by atoms with Gasteiger partial charge in [0.15, 0.2) is 0 Å². The quantitative estimate of drug-likeness (QED) is 0.590. The minimum Gasteiger partial charge on any atom is -0.337 e. The lowest BCUT2D eigenvalue weighted by molar-refractivity contribution is 0.290. The van der Waals surface area contributed by atoms with Crippen LogP contribution in [-0.4, -0.2) is 29.4 Å². The molecule has 1 aliphatic heterocycles. The molecule has 2 aromatic carbocycles. The number of aryl methyl sites for hydroxylation is 3. The number of hydrogen-bond donors (Lipinski definition) is 0. The zero-order valence-electron chi connectivity index (χ0n) is 16.5. The maximum atomic E-state index is 13.5.